The van der Waals surface area contributed by atoms with E-state index in [1.165, 1.54) is 31.5 Å². The molecule has 1 fully saturated rings. The highest BCUT2D eigenvalue weighted by atomic mass is 16.4. The van der Waals surface area contributed by atoms with Gasteiger partial charge in [-0.15, -0.1) is 5.10 Å². The number of carbonyl (C=O) groups is 1. The summed E-state index contributed by atoms with van der Waals surface area (Å²) in [6.07, 6.45) is 7.28. The molecule has 0 spiro atoms. The lowest BCUT2D eigenvalue weighted by Gasteiger charge is -2.14. The Morgan fingerprint density at radius 1 is 0.966 bits per heavy atom. The second-order valence-electron chi connectivity index (χ2n) is 7.39. The second kappa shape index (κ2) is 8.84. The van der Waals surface area contributed by atoms with Crippen molar-refractivity contribution >= 4 is 12.0 Å². The van der Waals surface area contributed by atoms with E-state index in [2.05, 4.69) is 39.5 Å². The Labute approximate surface area is 170 Å². The van der Waals surface area contributed by atoms with Gasteiger partial charge in [0.05, 0.1) is 12.7 Å². The predicted octanol–water partition coefficient (Wildman–Crippen LogP) is 3.69. The van der Waals surface area contributed by atoms with Crippen LogP contribution in [0.3, 0.4) is 0 Å². The van der Waals surface area contributed by atoms with Gasteiger partial charge in [0.1, 0.15) is 5.69 Å². The van der Waals surface area contributed by atoms with E-state index < -0.39 is 5.97 Å². The summed E-state index contributed by atoms with van der Waals surface area (Å²) in [5.41, 5.74) is 5.19. The average Bonchev–Trinajstić information content (AvgIpc) is 3.40. The molecule has 1 aliphatic heterocycles. The van der Waals surface area contributed by atoms with Crippen LogP contribution >= 0.6 is 0 Å². The largest absolute Gasteiger partial charge is 0.478 e. The van der Waals surface area contributed by atoms with Crippen LogP contribution in [0.1, 0.15) is 29.5 Å². The number of hydrogen-bond acceptors (Lipinski definition) is 4. The lowest BCUT2D eigenvalue weighted by atomic mass is 10.1. The summed E-state index contributed by atoms with van der Waals surface area (Å²) in [5, 5.41) is 17.2. The maximum absolute atomic E-state index is 10.6. The molecule has 0 bridgehead atoms. The summed E-state index contributed by atoms with van der Waals surface area (Å²) >= 11 is 0. The molecule has 0 unspecified atom stereocenters. The van der Waals surface area contributed by atoms with Gasteiger partial charge in [0, 0.05) is 18.2 Å². The minimum absolute atomic E-state index is 0.614. The molecule has 1 saturated heterocycles. The number of hydrogen-bond donors (Lipinski definition) is 1. The van der Waals surface area contributed by atoms with Crippen molar-refractivity contribution in [2.24, 2.45) is 0 Å². The van der Waals surface area contributed by atoms with Crippen molar-refractivity contribution in [1.29, 1.82) is 0 Å². The molecule has 4 rings (SSSR count). The van der Waals surface area contributed by atoms with Gasteiger partial charge in [-0.05, 0) is 48.7 Å². The van der Waals surface area contributed by atoms with E-state index in [0.717, 1.165) is 35.0 Å². The molecule has 0 radical (unpaired) electrons. The molecule has 6 nitrogen and oxygen atoms in total. The molecule has 1 aromatic heterocycles. The Morgan fingerprint density at radius 3 is 2.31 bits per heavy atom. The van der Waals surface area contributed by atoms with Crippen LogP contribution in [-0.4, -0.2) is 44.1 Å². The standard InChI is InChI=1S/C23H24N4O2/c28-23(29)12-9-18-3-5-20(6-4-18)16-27-17-22(24-25-27)21-10-7-19(8-11-21)15-26-13-1-2-14-26/h3-12,17H,1-2,13-16H2,(H,28,29)/b12-9+. The van der Waals surface area contributed by atoms with E-state index in [1.807, 2.05) is 35.1 Å². The lowest BCUT2D eigenvalue weighted by Crippen LogP contribution is -2.18. The zero-order valence-electron chi connectivity index (χ0n) is 16.2. The van der Waals surface area contributed by atoms with Gasteiger partial charge in [-0.25, -0.2) is 9.48 Å². The average molecular weight is 388 g/mol. The first-order valence-corrected chi connectivity index (χ1v) is 9.87. The van der Waals surface area contributed by atoms with E-state index in [0.29, 0.717) is 6.54 Å². The van der Waals surface area contributed by atoms with Crippen LogP contribution in [0.15, 0.2) is 60.8 Å². The van der Waals surface area contributed by atoms with Crippen LogP contribution in [0.25, 0.3) is 17.3 Å². The van der Waals surface area contributed by atoms with Gasteiger partial charge in [0.25, 0.3) is 0 Å². The molecular weight excluding hydrogens is 364 g/mol. The van der Waals surface area contributed by atoms with Crippen molar-refractivity contribution < 1.29 is 9.90 Å². The van der Waals surface area contributed by atoms with Crippen LogP contribution in [0.5, 0.6) is 0 Å². The number of aromatic nitrogens is 3. The number of rotatable bonds is 7. The van der Waals surface area contributed by atoms with Gasteiger partial charge in [-0.2, -0.15) is 0 Å². The molecule has 3 aromatic rings. The van der Waals surface area contributed by atoms with Crippen molar-refractivity contribution in [3.8, 4) is 11.3 Å². The first-order chi connectivity index (χ1) is 14.2. The molecule has 0 amide bonds. The Kier molecular flexibility index (Phi) is 5.81. The zero-order chi connectivity index (χ0) is 20.1. The fraction of sp³-hybridized carbons (Fsp3) is 0.261. The highest BCUT2D eigenvalue weighted by molar-refractivity contribution is 5.85. The predicted molar refractivity (Wildman–Crippen MR) is 112 cm³/mol. The van der Waals surface area contributed by atoms with Gasteiger partial charge < -0.3 is 5.11 Å². The minimum atomic E-state index is -0.951. The molecule has 2 heterocycles. The van der Waals surface area contributed by atoms with Crippen molar-refractivity contribution in [3.63, 3.8) is 0 Å². The summed E-state index contributed by atoms with van der Waals surface area (Å²) in [6.45, 7) is 4.04. The normalized spacial score (nSPS) is 14.6. The molecule has 0 saturated carbocycles. The first kappa shape index (κ1) is 19.1. The molecule has 6 heteroatoms. The van der Waals surface area contributed by atoms with Crippen LogP contribution in [0.4, 0.5) is 0 Å². The third-order valence-electron chi connectivity index (χ3n) is 5.14. The van der Waals surface area contributed by atoms with Crippen LogP contribution in [-0.2, 0) is 17.9 Å². The van der Waals surface area contributed by atoms with Crippen LogP contribution in [0, 0.1) is 0 Å². The topological polar surface area (TPSA) is 71.2 Å². The van der Waals surface area contributed by atoms with Crippen LogP contribution < -0.4 is 0 Å². The van der Waals surface area contributed by atoms with Crippen LogP contribution in [0.2, 0.25) is 0 Å². The Hall–Kier alpha value is -3.25. The first-order valence-electron chi connectivity index (χ1n) is 9.87. The minimum Gasteiger partial charge on any atom is -0.478 e. The van der Waals surface area contributed by atoms with Gasteiger partial charge in [-0.1, -0.05) is 53.7 Å². The van der Waals surface area contributed by atoms with E-state index >= 15 is 0 Å². The second-order valence-corrected chi connectivity index (χ2v) is 7.39. The fourth-order valence-corrected chi connectivity index (χ4v) is 3.58. The van der Waals surface area contributed by atoms with E-state index in [1.54, 1.807) is 6.08 Å². The van der Waals surface area contributed by atoms with Crippen molar-refractivity contribution in [2.75, 3.05) is 13.1 Å². The maximum Gasteiger partial charge on any atom is 0.328 e. The highest BCUT2D eigenvalue weighted by Gasteiger charge is 2.12. The molecular formula is C23H24N4O2. The van der Waals surface area contributed by atoms with E-state index in [9.17, 15) is 4.79 Å². The number of nitrogens with zero attached hydrogens (tertiary/aromatic N) is 4. The monoisotopic (exact) mass is 388 g/mol. The van der Waals surface area contributed by atoms with Gasteiger partial charge in [-0.3, -0.25) is 4.90 Å². The summed E-state index contributed by atoms with van der Waals surface area (Å²) in [7, 11) is 0. The molecule has 29 heavy (non-hydrogen) atoms. The maximum atomic E-state index is 10.6. The number of carboxylic acids is 1. The van der Waals surface area contributed by atoms with E-state index in [-0.39, 0.29) is 0 Å². The van der Waals surface area contributed by atoms with Gasteiger partial charge in [0.15, 0.2) is 0 Å². The van der Waals surface area contributed by atoms with Crippen molar-refractivity contribution in [1.82, 2.24) is 19.9 Å². The van der Waals surface area contributed by atoms with Crippen molar-refractivity contribution in [3.05, 3.63) is 77.5 Å². The molecule has 0 aliphatic carbocycles. The summed E-state index contributed by atoms with van der Waals surface area (Å²) in [5.74, 6) is -0.951. The summed E-state index contributed by atoms with van der Waals surface area (Å²) in [4.78, 5) is 13.1. The van der Waals surface area contributed by atoms with E-state index in [4.69, 9.17) is 5.11 Å². The SMILES string of the molecule is O=C(O)/C=C/c1ccc(Cn2cc(-c3ccc(CN4CCCC4)cc3)nn2)cc1. The number of benzene rings is 2. The summed E-state index contributed by atoms with van der Waals surface area (Å²) < 4.78 is 1.82. The lowest BCUT2D eigenvalue weighted by molar-refractivity contribution is -0.131. The number of carboxylic acid groups (broad SMARTS) is 1. The quantitative estimate of drug-likeness (QED) is 0.625. The third kappa shape index (κ3) is 5.18. The Balaban J connectivity index is 1.38. The molecule has 148 valence electrons. The Bertz CT molecular complexity index is 984. The van der Waals surface area contributed by atoms with Gasteiger partial charge >= 0.3 is 5.97 Å². The smallest absolute Gasteiger partial charge is 0.328 e. The third-order valence-corrected chi connectivity index (χ3v) is 5.14. The summed E-state index contributed by atoms with van der Waals surface area (Å²) in [6, 6.07) is 16.3. The molecule has 1 aliphatic rings. The number of likely N-dealkylation sites (tertiary alicyclic amines) is 1. The fourth-order valence-electron chi connectivity index (χ4n) is 3.58. The number of aliphatic carboxylic acids is 1. The highest BCUT2D eigenvalue weighted by Crippen LogP contribution is 2.19. The zero-order valence-corrected chi connectivity index (χ0v) is 16.2. The molecule has 0 atom stereocenters. The molecule has 1 N–H and O–H groups in total. The van der Waals surface area contributed by atoms with Gasteiger partial charge in [0.2, 0.25) is 0 Å². The van der Waals surface area contributed by atoms with Crippen molar-refractivity contribution in [2.45, 2.75) is 25.9 Å². The Morgan fingerprint density at radius 2 is 1.62 bits per heavy atom. The molecule has 2 aromatic carbocycles.